The minimum Gasteiger partial charge on any atom is -0.356 e. The van der Waals surface area contributed by atoms with E-state index in [0.29, 0.717) is 53.0 Å². The van der Waals surface area contributed by atoms with Crippen LogP contribution in [0.15, 0.2) is 48.5 Å². The maximum atomic E-state index is 12.3. The molecule has 3 N–H and O–H groups in total. The van der Waals surface area contributed by atoms with Crippen molar-refractivity contribution < 1.29 is 9.59 Å². The summed E-state index contributed by atoms with van der Waals surface area (Å²) in [5.41, 5.74) is 3.40. The van der Waals surface area contributed by atoms with Crippen LogP contribution in [-0.4, -0.2) is 28.3 Å². The van der Waals surface area contributed by atoms with Gasteiger partial charge >= 0.3 is 0 Å². The number of nitrogens with one attached hydrogen (secondary N) is 3. The summed E-state index contributed by atoms with van der Waals surface area (Å²) in [6.07, 6.45) is 0.316. The third-order valence-electron chi connectivity index (χ3n) is 4.70. The Hall–Kier alpha value is -3.45. The van der Waals surface area contributed by atoms with Gasteiger partial charge in [-0.15, -0.1) is 0 Å². The molecule has 0 unspecified atom stereocenters. The van der Waals surface area contributed by atoms with Gasteiger partial charge in [0, 0.05) is 17.8 Å². The maximum Gasteiger partial charge on any atom is 0.257 e. The lowest BCUT2D eigenvalue weighted by atomic mass is 10.1. The number of halogens is 1. The highest BCUT2D eigenvalue weighted by Gasteiger charge is 2.27. The fraction of sp³-hybridized carbons (Fsp3) is 0.182. The molecule has 7 nitrogen and oxygen atoms in total. The topological polar surface area (TPSA) is 96.0 Å². The molecule has 1 aliphatic heterocycles. The first-order chi connectivity index (χ1) is 14.5. The molecule has 2 aromatic carbocycles. The molecule has 3 aromatic rings. The van der Waals surface area contributed by atoms with Crippen molar-refractivity contribution in [2.24, 2.45) is 0 Å². The Labute approximate surface area is 178 Å². The first-order valence-electron chi connectivity index (χ1n) is 9.62. The number of benzene rings is 2. The summed E-state index contributed by atoms with van der Waals surface area (Å²) in [5.74, 6) is 0.631. The van der Waals surface area contributed by atoms with Gasteiger partial charge in [-0.05, 0) is 36.8 Å². The minimum absolute atomic E-state index is 0.0205. The summed E-state index contributed by atoms with van der Waals surface area (Å²) in [6.45, 7) is 2.83. The average molecular weight is 422 g/mol. The van der Waals surface area contributed by atoms with E-state index in [0.717, 1.165) is 11.3 Å². The maximum absolute atomic E-state index is 12.3. The lowest BCUT2D eigenvalue weighted by molar-refractivity contribution is -0.120. The Morgan fingerprint density at radius 3 is 2.63 bits per heavy atom. The molecule has 2 heterocycles. The van der Waals surface area contributed by atoms with Crippen LogP contribution in [0.2, 0.25) is 5.02 Å². The smallest absolute Gasteiger partial charge is 0.257 e. The highest BCUT2D eigenvalue weighted by molar-refractivity contribution is 6.33. The average Bonchev–Trinajstić information content (AvgIpc) is 3.11. The van der Waals surface area contributed by atoms with Crippen molar-refractivity contribution in [3.8, 4) is 11.4 Å². The summed E-state index contributed by atoms with van der Waals surface area (Å²) >= 11 is 6.32. The van der Waals surface area contributed by atoms with E-state index in [1.165, 1.54) is 0 Å². The quantitative estimate of drug-likeness (QED) is 0.566. The summed E-state index contributed by atoms with van der Waals surface area (Å²) in [7, 11) is 0. The van der Waals surface area contributed by atoms with Gasteiger partial charge in [0.05, 0.1) is 23.7 Å². The summed E-state index contributed by atoms with van der Waals surface area (Å²) in [4.78, 5) is 33.2. The van der Waals surface area contributed by atoms with Crippen molar-refractivity contribution >= 4 is 34.9 Å². The largest absolute Gasteiger partial charge is 0.356 e. The Kier molecular flexibility index (Phi) is 5.63. The predicted octanol–water partition coefficient (Wildman–Crippen LogP) is 3.46. The molecule has 0 saturated carbocycles. The molecule has 0 atom stereocenters. The van der Waals surface area contributed by atoms with Gasteiger partial charge in [-0.2, -0.15) is 0 Å². The highest BCUT2D eigenvalue weighted by Crippen LogP contribution is 2.31. The number of rotatable bonds is 6. The Morgan fingerprint density at radius 1 is 1.13 bits per heavy atom. The zero-order valence-electron chi connectivity index (χ0n) is 16.3. The molecule has 1 aromatic heterocycles. The van der Waals surface area contributed by atoms with Gasteiger partial charge in [0.25, 0.3) is 5.91 Å². The molecule has 4 rings (SSSR count). The monoisotopic (exact) mass is 421 g/mol. The number of hydrogen-bond donors (Lipinski definition) is 3. The lowest BCUT2D eigenvalue weighted by Gasteiger charge is -2.12. The van der Waals surface area contributed by atoms with Crippen LogP contribution in [0.5, 0.6) is 0 Å². The van der Waals surface area contributed by atoms with E-state index in [1.54, 1.807) is 6.07 Å². The highest BCUT2D eigenvalue weighted by atomic mass is 35.5. The Balaban J connectivity index is 1.65. The summed E-state index contributed by atoms with van der Waals surface area (Å²) in [5, 5.41) is 9.32. The third-order valence-corrected chi connectivity index (χ3v) is 5.03. The van der Waals surface area contributed by atoms with Crippen molar-refractivity contribution in [2.45, 2.75) is 19.9 Å². The molecule has 0 spiro atoms. The number of amides is 2. The van der Waals surface area contributed by atoms with E-state index in [1.807, 2.05) is 49.4 Å². The molecule has 0 radical (unpaired) electrons. The van der Waals surface area contributed by atoms with E-state index >= 15 is 0 Å². The second kappa shape index (κ2) is 8.51. The molecule has 0 fully saturated rings. The van der Waals surface area contributed by atoms with Crippen LogP contribution in [0.4, 0.5) is 11.5 Å². The van der Waals surface area contributed by atoms with Gasteiger partial charge in [-0.25, -0.2) is 9.97 Å². The molecule has 0 bridgehead atoms. The molecular formula is C22H20ClN5O2. The van der Waals surface area contributed by atoms with Gasteiger partial charge in [0.15, 0.2) is 5.82 Å². The predicted molar refractivity (Wildman–Crippen MR) is 116 cm³/mol. The Morgan fingerprint density at radius 2 is 1.90 bits per heavy atom. The normalized spacial score (nSPS) is 12.3. The Bertz CT molecular complexity index is 1120. The number of nitrogens with zero attached hydrogens (tertiary/aromatic N) is 2. The standard InChI is InChI=1S/C22H20ClN5O2/c1-2-24-18(29)11-13-7-9-14(10-8-13)26-21-19-17(12-25-22(19)30)27-20(28-21)15-5-3-4-6-16(15)23/h3-10H,2,11-12H2,1H3,(H,24,29)(H,25,30)(H,26,27,28). The molecule has 8 heteroatoms. The zero-order chi connectivity index (χ0) is 21.1. The molecule has 0 saturated heterocycles. The van der Waals surface area contributed by atoms with Crippen molar-refractivity contribution in [1.29, 1.82) is 0 Å². The summed E-state index contributed by atoms with van der Waals surface area (Å²) in [6, 6.07) is 14.8. The van der Waals surface area contributed by atoms with E-state index in [4.69, 9.17) is 11.6 Å². The van der Waals surface area contributed by atoms with Crippen molar-refractivity contribution in [2.75, 3.05) is 11.9 Å². The van der Waals surface area contributed by atoms with E-state index in [-0.39, 0.29) is 11.8 Å². The van der Waals surface area contributed by atoms with Gasteiger partial charge in [-0.1, -0.05) is 35.9 Å². The van der Waals surface area contributed by atoms with Crippen molar-refractivity contribution in [3.05, 3.63) is 70.4 Å². The van der Waals surface area contributed by atoms with Crippen LogP contribution in [-0.2, 0) is 17.8 Å². The van der Waals surface area contributed by atoms with Crippen molar-refractivity contribution in [3.63, 3.8) is 0 Å². The molecule has 2 amide bonds. The van der Waals surface area contributed by atoms with Crippen LogP contribution in [0, 0.1) is 0 Å². The lowest BCUT2D eigenvalue weighted by Crippen LogP contribution is -2.24. The molecule has 30 heavy (non-hydrogen) atoms. The molecule has 0 aliphatic carbocycles. The SMILES string of the molecule is CCNC(=O)Cc1ccc(Nc2nc(-c3ccccc3Cl)nc3c2C(=O)NC3)cc1. The van der Waals surface area contributed by atoms with Gasteiger partial charge in [0.1, 0.15) is 11.4 Å². The van der Waals surface area contributed by atoms with Crippen LogP contribution in [0.1, 0.15) is 28.5 Å². The fourth-order valence-electron chi connectivity index (χ4n) is 3.27. The number of hydrogen-bond acceptors (Lipinski definition) is 5. The van der Waals surface area contributed by atoms with E-state index < -0.39 is 0 Å². The van der Waals surface area contributed by atoms with Gasteiger partial charge in [-0.3, -0.25) is 9.59 Å². The molecule has 152 valence electrons. The second-order valence-corrected chi connectivity index (χ2v) is 7.24. The summed E-state index contributed by atoms with van der Waals surface area (Å²) < 4.78 is 0. The number of carbonyl (C=O) groups excluding carboxylic acids is 2. The third kappa shape index (κ3) is 4.11. The number of anilines is 2. The number of aromatic nitrogens is 2. The zero-order valence-corrected chi connectivity index (χ0v) is 17.1. The van der Waals surface area contributed by atoms with Crippen LogP contribution >= 0.6 is 11.6 Å². The molecule has 1 aliphatic rings. The van der Waals surface area contributed by atoms with Crippen LogP contribution in [0.3, 0.4) is 0 Å². The van der Waals surface area contributed by atoms with Crippen molar-refractivity contribution in [1.82, 2.24) is 20.6 Å². The minimum atomic E-state index is -0.217. The van der Waals surface area contributed by atoms with Crippen LogP contribution in [0.25, 0.3) is 11.4 Å². The second-order valence-electron chi connectivity index (χ2n) is 6.83. The number of carbonyl (C=O) groups is 2. The molecular weight excluding hydrogens is 402 g/mol. The van der Waals surface area contributed by atoms with E-state index in [2.05, 4.69) is 25.9 Å². The van der Waals surface area contributed by atoms with Crippen LogP contribution < -0.4 is 16.0 Å². The van der Waals surface area contributed by atoms with Gasteiger partial charge < -0.3 is 16.0 Å². The fourth-order valence-corrected chi connectivity index (χ4v) is 3.49. The number of likely N-dealkylation sites (N-methyl/N-ethyl adjacent to an activating group) is 1. The first-order valence-corrected chi connectivity index (χ1v) is 9.99. The van der Waals surface area contributed by atoms with Gasteiger partial charge in [0.2, 0.25) is 5.91 Å². The number of fused-ring (bicyclic) bond motifs is 1. The van der Waals surface area contributed by atoms with E-state index in [9.17, 15) is 9.59 Å². The first kappa shape index (κ1) is 19.8.